The van der Waals surface area contributed by atoms with Crippen molar-refractivity contribution in [2.75, 3.05) is 5.32 Å². The number of hydrogen-bond acceptors (Lipinski definition) is 5. The Kier molecular flexibility index (Phi) is 4.48. The maximum atomic E-state index is 4.57. The van der Waals surface area contributed by atoms with E-state index in [9.17, 15) is 0 Å². The lowest BCUT2D eigenvalue weighted by molar-refractivity contribution is 0.913. The zero-order valence-corrected chi connectivity index (χ0v) is 16.6. The number of allylic oxidation sites excluding steroid dienone is 1. The normalized spacial score (nSPS) is 11.2. The van der Waals surface area contributed by atoms with Crippen LogP contribution in [0, 0.1) is 0 Å². The summed E-state index contributed by atoms with van der Waals surface area (Å²) in [6.07, 6.45) is 11.1. The highest BCUT2D eigenvalue weighted by Crippen LogP contribution is 2.31. The van der Waals surface area contributed by atoms with E-state index in [1.807, 2.05) is 24.7 Å². The van der Waals surface area contributed by atoms with Crippen molar-refractivity contribution < 1.29 is 0 Å². The highest BCUT2D eigenvalue weighted by molar-refractivity contribution is 5.95. The first kappa shape index (κ1) is 18.1. The van der Waals surface area contributed by atoms with Gasteiger partial charge < -0.3 is 10.3 Å². The smallest absolute Gasteiger partial charge is 0.155 e. The molecule has 0 spiro atoms. The van der Waals surface area contributed by atoms with Gasteiger partial charge in [0.2, 0.25) is 0 Å². The zero-order chi connectivity index (χ0) is 20.5. The number of nitrogens with one attached hydrogen (secondary N) is 3. The van der Waals surface area contributed by atoms with E-state index >= 15 is 0 Å². The molecule has 0 bridgehead atoms. The molecule has 7 nitrogen and oxygen atoms in total. The monoisotopic (exact) mass is 395 g/mol. The first-order valence-electron chi connectivity index (χ1n) is 9.88. The van der Waals surface area contributed by atoms with Crippen molar-refractivity contribution in [2.24, 2.45) is 0 Å². The summed E-state index contributed by atoms with van der Waals surface area (Å²) in [4.78, 5) is 16.5. The van der Waals surface area contributed by atoms with E-state index in [-0.39, 0.29) is 0 Å². The first-order valence-corrected chi connectivity index (χ1v) is 9.88. The van der Waals surface area contributed by atoms with Gasteiger partial charge in [0.05, 0.1) is 17.6 Å². The number of H-pyrrole nitrogens is 2. The van der Waals surface area contributed by atoms with Crippen LogP contribution in [-0.2, 0) is 0 Å². The summed E-state index contributed by atoms with van der Waals surface area (Å²) in [5.74, 6) is 0. The molecule has 148 valence electrons. The quantitative estimate of drug-likeness (QED) is 0.363. The molecule has 0 aliphatic carbocycles. The second kappa shape index (κ2) is 7.44. The van der Waals surface area contributed by atoms with Gasteiger partial charge in [0.25, 0.3) is 0 Å². The number of aromatic amines is 2. The summed E-state index contributed by atoms with van der Waals surface area (Å²) < 4.78 is 0. The Hall–Kier alpha value is -4.00. The fraction of sp³-hybridized carbons (Fsp3) is 0.130. The third-order valence-corrected chi connectivity index (χ3v) is 5.04. The van der Waals surface area contributed by atoms with Crippen molar-refractivity contribution in [1.29, 1.82) is 0 Å². The molecule has 0 saturated heterocycles. The average Bonchev–Trinajstić information content (AvgIpc) is 3.37. The molecule has 0 aliphatic rings. The van der Waals surface area contributed by atoms with Gasteiger partial charge >= 0.3 is 0 Å². The molecule has 0 atom stereocenters. The Morgan fingerprint density at radius 2 is 1.97 bits per heavy atom. The number of hydrogen-bond donors (Lipinski definition) is 3. The van der Waals surface area contributed by atoms with Crippen molar-refractivity contribution in [1.82, 2.24) is 30.1 Å². The van der Waals surface area contributed by atoms with Gasteiger partial charge in [-0.1, -0.05) is 19.9 Å². The molecule has 7 heteroatoms. The molecule has 0 aromatic carbocycles. The fourth-order valence-electron chi connectivity index (χ4n) is 3.60. The molecule has 0 saturated carbocycles. The molecular weight excluding hydrogens is 374 g/mol. The van der Waals surface area contributed by atoms with Gasteiger partial charge in [0.15, 0.2) is 5.65 Å². The van der Waals surface area contributed by atoms with Gasteiger partial charge in [-0.25, -0.2) is 4.98 Å². The van der Waals surface area contributed by atoms with E-state index < -0.39 is 0 Å². The van der Waals surface area contributed by atoms with Crippen LogP contribution in [0.1, 0.15) is 19.8 Å². The minimum atomic E-state index is 0.740. The standard InChI is InChI=1S/C23H21N7/c1-3-4-14(2)27-18-7-15(10-25-13-18)16-8-19-22(29-30-23(19)26-12-16)21-9-17-11-24-6-5-20(17)28-21/h5-13,27-28H,2-4H2,1H3,(H,26,29,30). The SMILES string of the molecule is C=C(CCC)Nc1cncc(-c2cnc3[nH]nc(-c4cc5cnccc5[nH]4)c3c2)c1. The van der Waals surface area contributed by atoms with Crippen LogP contribution < -0.4 is 5.32 Å². The molecule has 0 unspecified atom stereocenters. The van der Waals surface area contributed by atoms with E-state index in [1.54, 1.807) is 12.4 Å². The summed E-state index contributed by atoms with van der Waals surface area (Å²) in [7, 11) is 0. The van der Waals surface area contributed by atoms with Crippen LogP contribution in [0.2, 0.25) is 0 Å². The molecular formula is C23H21N7. The Bertz CT molecular complexity index is 1330. The van der Waals surface area contributed by atoms with E-state index in [0.717, 1.165) is 68.7 Å². The Labute approximate surface area is 173 Å². The highest BCUT2D eigenvalue weighted by Gasteiger charge is 2.13. The second-order valence-electron chi connectivity index (χ2n) is 7.28. The van der Waals surface area contributed by atoms with Crippen LogP contribution >= 0.6 is 0 Å². The molecule has 5 aromatic heterocycles. The number of rotatable bonds is 6. The lowest BCUT2D eigenvalue weighted by Gasteiger charge is -2.09. The third kappa shape index (κ3) is 3.30. The Morgan fingerprint density at radius 1 is 1.07 bits per heavy atom. The van der Waals surface area contributed by atoms with Crippen LogP contribution in [-0.4, -0.2) is 30.1 Å². The van der Waals surface area contributed by atoms with Crippen molar-refractivity contribution in [3.8, 4) is 22.5 Å². The van der Waals surface area contributed by atoms with E-state index in [4.69, 9.17) is 0 Å². The third-order valence-electron chi connectivity index (χ3n) is 5.04. The summed E-state index contributed by atoms with van der Waals surface area (Å²) >= 11 is 0. The van der Waals surface area contributed by atoms with Crippen LogP contribution in [0.5, 0.6) is 0 Å². The van der Waals surface area contributed by atoms with Crippen LogP contribution in [0.4, 0.5) is 5.69 Å². The van der Waals surface area contributed by atoms with Crippen molar-refractivity contribution in [3.63, 3.8) is 0 Å². The Balaban J connectivity index is 1.54. The molecule has 5 rings (SSSR count). The van der Waals surface area contributed by atoms with Crippen LogP contribution in [0.15, 0.2) is 67.5 Å². The van der Waals surface area contributed by atoms with Gasteiger partial charge in [-0.2, -0.15) is 5.10 Å². The average molecular weight is 395 g/mol. The number of nitrogens with zero attached hydrogens (tertiary/aromatic N) is 4. The molecule has 5 aromatic rings. The Morgan fingerprint density at radius 3 is 2.83 bits per heavy atom. The van der Waals surface area contributed by atoms with Gasteiger partial charge in [-0.15, -0.1) is 0 Å². The topological polar surface area (TPSA) is 95.2 Å². The molecule has 30 heavy (non-hydrogen) atoms. The minimum Gasteiger partial charge on any atom is -0.358 e. The number of anilines is 1. The highest BCUT2D eigenvalue weighted by atomic mass is 15.2. The first-order chi connectivity index (χ1) is 14.7. The zero-order valence-electron chi connectivity index (χ0n) is 16.6. The van der Waals surface area contributed by atoms with Crippen LogP contribution in [0.3, 0.4) is 0 Å². The summed E-state index contributed by atoms with van der Waals surface area (Å²) in [6, 6.07) is 8.15. The number of pyridine rings is 3. The molecule has 5 heterocycles. The number of aromatic nitrogens is 6. The predicted molar refractivity (Wildman–Crippen MR) is 120 cm³/mol. The molecule has 0 radical (unpaired) electrons. The van der Waals surface area contributed by atoms with Gasteiger partial charge in [0, 0.05) is 57.9 Å². The maximum Gasteiger partial charge on any atom is 0.155 e. The van der Waals surface area contributed by atoms with Gasteiger partial charge in [-0.05, 0) is 30.7 Å². The van der Waals surface area contributed by atoms with Crippen molar-refractivity contribution >= 4 is 27.6 Å². The van der Waals surface area contributed by atoms with E-state index in [2.05, 4.69) is 67.2 Å². The van der Waals surface area contributed by atoms with E-state index in [1.165, 1.54) is 0 Å². The van der Waals surface area contributed by atoms with E-state index in [0.29, 0.717) is 0 Å². The summed E-state index contributed by atoms with van der Waals surface area (Å²) in [5, 5.41) is 12.8. The predicted octanol–water partition coefficient (Wildman–Crippen LogP) is 5.29. The lowest BCUT2D eigenvalue weighted by atomic mass is 10.1. The molecule has 3 N–H and O–H groups in total. The minimum absolute atomic E-state index is 0.740. The van der Waals surface area contributed by atoms with Crippen LogP contribution in [0.25, 0.3) is 44.5 Å². The van der Waals surface area contributed by atoms with Crippen molar-refractivity contribution in [2.45, 2.75) is 19.8 Å². The molecule has 0 aliphatic heterocycles. The second-order valence-corrected chi connectivity index (χ2v) is 7.28. The molecule has 0 fully saturated rings. The van der Waals surface area contributed by atoms with Gasteiger partial charge in [-0.3, -0.25) is 15.1 Å². The van der Waals surface area contributed by atoms with Crippen molar-refractivity contribution in [3.05, 3.63) is 67.5 Å². The number of fused-ring (bicyclic) bond motifs is 2. The fourth-order valence-corrected chi connectivity index (χ4v) is 3.60. The lowest BCUT2D eigenvalue weighted by Crippen LogP contribution is -1.98. The van der Waals surface area contributed by atoms with Gasteiger partial charge in [0.1, 0.15) is 5.69 Å². The molecule has 0 amide bonds. The summed E-state index contributed by atoms with van der Waals surface area (Å²) in [5.41, 5.74) is 7.37. The summed E-state index contributed by atoms with van der Waals surface area (Å²) in [6.45, 7) is 6.20. The maximum absolute atomic E-state index is 4.57. The largest absolute Gasteiger partial charge is 0.358 e.